The van der Waals surface area contributed by atoms with Crippen LogP contribution in [0.4, 0.5) is 0 Å². The summed E-state index contributed by atoms with van der Waals surface area (Å²) >= 11 is 0. The van der Waals surface area contributed by atoms with Gasteiger partial charge in [-0.15, -0.1) is 0 Å². The summed E-state index contributed by atoms with van der Waals surface area (Å²) in [5.74, 6) is 1.83. The molecule has 1 N–H and O–H groups in total. The molecule has 0 aliphatic heterocycles. The maximum atomic E-state index is 3.48. The first-order valence-corrected chi connectivity index (χ1v) is 6.56. The fourth-order valence-corrected chi connectivity index (χ4v) is 2.65. The molecule has 1 aliphatic carbocycles. The Kier molecular flexibility index (Phi) is 4.00. The molecule has 1 aliphatic rings. The fraction of sp³-hybridized carbons (Fsp3) is 0.600. The number of nitrogens with one attached hydrogen (secondary N) is 1. The zero-order valence-corrected chi connectivity index (χ0v) is 10.5. The van der Waals surface area contributed by atoms with Crippen molar-refractivity contribution in [1.29, 1.82) is 0 Å². The molecule has 0 spiro atoms. The smallest absolute Gasteiger partial charge is 0.00179 e. The lowest BCUT2D eigenvalue weighted by Crippen LogP contribution is -2.36. The molecule has 0 aromatic heterocycles. The Bertz CT molecular complexity index is 332. The first-order valence-electron chi connectivity index (χ1n) is 6.56. The molecule has 1 nitrogen and oxygen atoms in total. The van der Waals surface area contributed by atoms with Crippen LogP contribution >= 0.6 is 0 Å². The second-order valence-corrected chi connectivity index (χ2v) is 5.10. The van der Waals surface area contributed by atoms with Crippen molar-refractivity contribution in [3.05, 3.63) is 35.4 Å². The van der Waals surface area contributed by atoms with Crippen molar-refractivity contribution in [1.82, 2.24) is 5.32 Å². The zero-order chi connectivity index (χ0) is 11.4. The summed E-state index contributed by atoms with van der Waals surface area (Å²) in [5.41, 5.74) is 2.91. The van der Waals surface area contributed by atoms with Gasteiger partial charge in [-0.3, -0.25) is 0 Å². The number of hydrogen-bond donors (Lipinski definition) is 1. The molecule has 1 heteroatoms. The van der Waals surface area contributed by atoms with Crippen LogP contribution in [0.25, 0.3) is 0 Å². The molecule has 88 valence electrons. The van der Waals surface area contributed by atoms with Crippen molar-refractivity contribution in [2.75, 3.05) is 13.1 Å². The highest BCUT2D eigenvalue weighted by molar-refractivity contribution is 5.23. The van der Waals surface area contributed by atoms with Crippen LogP contribution in [0.5, 0.6) is 0 Å². The minimum absolute atomic E-state index is 0.917. The van der Waals surface area contributed by atoms with Crippen molar-refractivity contribution in [2.24, 2.45) is 11.8 Å². The van der Waals surface area contributed by atoms with E-state index >= 15 is 0 Å². The van der Waals surface area contributed by atoms with Crippen molar-refractivity contribution in [3.63, 3.8) is 0 Å². The van der Waals surface area contributed by atoms with Gasteiger partial charge in [0.2, 0.25) is 0 Å². The molecule has 16 heavy (non-hydrogen) atoms. The summed E-state index contributed by atoms with van der Waals surface area (Å²) in [6.07, 6.45) is 4.12. The average molecular weight is 217 g/mol. The van der Waals surface area contributed by atoms with Crippen LogP contribution in [0.15, 0.2) is 24.3 Å². The second-order valence-electron chi connectivity index (χ2n) is 5.10. The Morgan fingerprint density at radius 1 is 1.25 bits per heavy atom. The molecule has 2 rings (SSSR count). The van der Waals surface area contributed by atoms with E-state index in [1.807, 2.05) is 0 Å². The van der Waals surface area contributed by atoms with Crippen LogP contribution in [-0.4, -0.2) is 13.1 Å². The van der Waals surface area contributed by atoms with Crippen molar-refractivity contribution < 1.29 is 0 Å². The number of rotatable bonds is 5. The Balaban J connectivity index is 1.85. The van der Waals surface area contributed by atoms with Gasteiger partial charge in [0.1, 0.15) is 0 Å². The van der Waals surface area contributed by atoms with Gasteiger partial charge in [0.15, 0.2) is 0 Å². The van der Waals surface area contributed by atoms with Crippen LogP contribution in [0.2, 0.25) is 0 Å². The Morgan fingerprint density at radius 3 is 2.69 bits per heavy atom. The molecule has 2 atom stereocenters. The molecule has 0 amide bonds. The van der Waals surface area contributed by atoms with Gasteiger partial charge in [-0.05, 0) is 56.7 Å². The van der Waals surface area contributed by atoms with Crippen LogP contribution in [-0.2, 0) is 6.42 Å². The highest BCUT2D eigenvalue weighted by Crippen LogP contribution is 2.36. The first-order chi connectivity index (χ1) is 7.79. The zero-order valence-electron chi connectivity index (χ0n) is 10.5. The minimum Gasteiger partial charge on any atom is -0.317 e. The van der Waals surface area contributed by atoms with Crippen molar-refractivity contribution >= 4 is 0 Å². The average Bonchev–Trinajstić information content (AvgIpc) is 2.25. The number of hydrogen-bond acceptors (Lipinski definition) is 1. The van der Waals surface area contributed by atoms with Gasteiger partial charge in [0.25, 0.3) is 0 Å². The molecule has 0 saturated heterocycles. The van der Waals surface area contributed by atoms with E-state index in [0.29, 0.717) is 0 Å². The molecule has 1 aromatic carbocycles. The molecular weight excluding hydrogens is 194 g/mol. The molecule has 1 fully saturated rings. The predicted octanol–water partition coefficient (Wildman–Crippen LogP) is 3.17. The molecular formula is C15H23N. The number of benzene rings is 1. The van der Waals surface area contributed by atoms with Gasteiger partial charge in [-0.1, -0.05) is 36.8 Å². The van der Waals surface area contributed by atoms with Gasteiger partial charge in [-0.2, -0.15) is 0 Å². The predicted molar refractivity (Wildman–Crippen MR) is 69.6 cm³/mol. The molecule has 1 aromatic rings. The molecule has 0 heterocycles. The van der Waals surface area contributed by atoms with Crippen molar-refractivity contribution in [3.8, 4) is 0 Å². The van der Waals surface area contributed by atoms with E-state index in [2.05, 4.69) is 43.4 Å². The standard InChI is InChI=1S/C15H23N/c1-3-16-11-15-8-7-14(15)10-13-6-4-5-12(2)9-13/h4-6,9,14-16H,3,7-8,10-11H2,1-2H3. The third kappa shape index (κ3) is 2.85. The maximum Gasteiger partial charge on any atom is -0.00179 e. The van der Waals surface area contributed by atoms with Crippen LogP contribution in [0.1, 0.15) is 30.9 Å². The number of aryl methyl sites for hydroxylation is 1. The summed E-state index contributed by atoms with van der Waals surface area (Å²) < 4.78 is 0. The summed E-state index contributed by atoms with van der Waals surface area (Å²) in [6, 6.07) is 8.97. The fourth-order valence-electron chi connectivity index (χ4n) is 2.65. The highest BCUT2D eigenvalue weighted by atomic mass is 14.9. The van der Waals surface area contributed by atoms with Gasteiger partial charge in [0, 0.05) is 0 Å². The summed E-state index contributed by atoms with van der Waals surface area (Å²) in [4.78, 5) is 0. The van der Waals surface area contributed by atoms with E-state index in [4.69, 9.17) is 0 Å². The van der Waals surface area contributed by atoms with Crippen LogP contribution in [0.3, 0.4) is 0 Å². The quantitative estimate of drug-likeness (QED) is 0.799. The molecule has 0 radical (unpaired) electrons. The molecule has 0 bridgehead atoms. The summed E-state index contributed by atoms with van der Waals surface area (Å²) in [6.45, 7) is 6.69. The Hall–Kier alpha value is -0.820. The maximum absolute atomic E-state index is 3.48. The first kappa shape index (κ1) is 11.7. The van der Waals surface area contributed by atoms with E-state index < -0.39 is 0 Å². The normalized spacial score (nSPS) is 24.1. The van der Waals surface area contributed by atoms with Crippen molar-refractivity contribution in [2.45, 2.75) is 33.1 Å². The minimum atomic E-state index is 0.917. The van der Waals surface area contributed by atoms with Gasteiger partial charge in [0.05, 0.1) is 0 Å². The molecule has 2 unspecified atom stereocenters. The van der Waals surface area contributed by atoms with E-state index in [9.17, 15) is 0 Å². The summed E-state index contributed by atoms with van der Waals surface area (Å²) in [7, 11) is 0. The largest absolute Gasteiger partial charge is 0.317 e. The lowest BCUT2D eigenvalue weighted by atomic mass is 9.70. The van der Waals surface area contributed by atoms with E-state index in [1.54, 1.807) is 0 Å². The third-order valence-corrected chi connectivity index (χ3v) is 3.81. The van der Waals surface area contributed by atoms with E-state index in [1.165, 1.54) is 36.9 Å². The monoisotopic (exact) mass is 217 g/mol. The summed E-state index contributed by atoms with van der Waals surface area (Å²) in [5, 5.41) is 3.48. The lowest BCUT2D eigenvalue weighted by molar-refractivity contribution is 0.172. The second kappa shape index (κ2) is 5.49. The van der Waals surface area contributed by atoms with Crippen LogP contribution < -0.4 is 5.32 Å². The van der Waals surface area contributed by atoms with Gasteiger partial charge >= 0.3 is 0 Å². The van der Waals surface area contributed by atoms with E-state index in [0.717, 1.165) is 18.4 Å². The molecule has 1 saturated carbocycles. The lowest BCUT2D eigenvalue weighted by Gasteiger charge is -2.37. The topological polar surface area (TPSA) is 12.0 Å². The Morgan fingerprint density at radius 2 is 2.06 bits per heavy atom. The highest BCUT2D eigenvalue weighted by Gasteiger charge is 2.29. The van der Waals surface area contributed by atoms with Gasteiger partial charge in [-0.25, -0.2) is 0 Å². The third-order valence-electron chi connectivity index (χ3n) is 3.81. The SMILES string of the molecule is CCNCC1CCC1Cc1cccc(C)c1. The van der Waals surface area contributed by atoms with Gasteiger partial charge < -0.3 is 5.32 Å². The van der Waals surface area contributed by atoms with E-state index in [-0.39, 0.29) is 0 Å². The van der Waals surface area contributed by atoms with Crippen LogP contribution in [0, 0.1) is 18.8 Å². The Labute approximate surface area is 99.3 Å².